The third-order valence-electron chi connectivity index (χ3n) is 3.31. The maximum absolute atomic E-state index is 13.6. The summed E-state index contributed by atoms with van der Waals surface area (Å²) in [6.45, 7) is 1.78. The van der Waals surface area contributed by atoms with E-state index in [1.54, 1.807) is 20.0 Å². The van der Waals surface area contributed by atoms with Gasteiger partial charge < -0.3 is 10.0 Å². The number of carbonyl (C=O) groups excluding carboxylic acids is 1. The van der Waals surface area contributed by atoms with E-state index in [9.17, 15) is 14.3 Å². The molecule has 0 saturated heterocycles. The van der Waals surface area contributed by atoms with Crippen molar-refractivity contribution in [2.75, 3.05) is 7.05 Å². The first-order chi connectivity index (χ1) is 7.99. The van der Waals surface area contributed by atoms with E-state index in [1.807, 2.05) is 0 Å². The normalized spacial score (nSPS) is 23.1. The van der Waals surface area contributed by atoms with E-state index in [0.29, 0.717) is 12.8 Å². The molecule has 17 heavy (non-hydrogen) atoms. The number of aliphatic hydroxyl groups is 1. The fourth-order valence-corrected chi connectivity index (χ4v) is 2.02. The molecule has 1 fully saturated rings. The van der Waals surface area contributed by atoms with Gasteiger partial charge in [-0.25, -0.2) is 4.39 Å². The first-order valence-corrected chi connectivity index (χ1v) is 5.70. The van der Waals surface area contributed by atoms with E-state index in [2.05, 4.69) is 0 Å². The molecule has 1 aliphatic carbocycles. The Labute approximate surface area is 99.9 Å². The lowest BCUT2D eigenvalue weighted by Gasteiger charge is -2.38. The standard InChI is InChI=1S/C13H16FNO2/c1-8-3-4-11(12(14)5-8)13(17)15(2)9-6-10(16)7-9/h3-5,9-10,16H,6-7H2,1-2H3. The summed E-state index contributed by atoms with van der Waals surface area (Å²) in [7, 11) is 1.65. The summed E-state index contributed by atoms with van der Waals surface area (Å²) >= 11 is 0. The summed E-state index contributed by atoms with van der Waals surface area (Å²) in [6.07, 6.45) is 0.837. The molecule has 4 heteroatoms. The van der Waals surface area contributed by atoms with E-state index in [-0.39, 0.29) is 23.6 Å². The van der Waals surface area contributed by atoms with Gasteiger partial charge in [0.2, 0.25) is 0 Å². The Bertz CT molecular complexity index is 441. The van der Waals surface area contributed by atoms with E-state index < -0.39 is 5.82 Å². The van der Waals surface area contributed by atoms with Crippen LogP contribution in [0, 0.1) is 12.7 Å². The highest BCUT2D eigenvalue weighted by Gasteiger charge is 2.33. The molecule has 0 aromatic heterocycles. The van der Waals surface area contributed by atoms with Crippen molar-refractivity contribution < 1.29 is 14.3 Å². The SMILES string of the molecule is Cc1ccc(C(=O)N(C)C2CC(O)C2)c(F)c1. The van der Waals surface area contributed by atoms with Crippen LogP contribution in [0.15, 0.2) is 18.2 Å². The Morgan fingerprint density at radius 3 is 2.65 bits per heavy atom. The van der Waals surface area contributed by atoms with Crippen molar-refractivity contribution in [1.82, 2.24) is 4.90 Å². The fourth-order valence-electron chi connectivity index (χ4n) is 2.02. The van der Waals surface area contributed by atoms with Crippen LogP contribution < -0.4 is 0 Å². The van der Waals surface area contributed by atoms with Crippen molar-refractivity contribution >= 4 is 5.91 Å². The van der Waals surface area contributed by atoms with Crippen molar-refractivity contribution in [3.8, 4) is 0 Å². The molecule has 1 aromatic rings. The topological polar surface area (TPSA) is 40.5 Å². The highest BCUT2D eigenvalue weighted by molar-refractivity contribution is 5.94. The number of nitrogens with zero attached hydrogens (tertiary/aromatic N) is 1. The predicted octanol–water partition coefficient (Wildman–Crippen LogP) is 1.73. The molecule has 2 rings (SSSR count). The van der Waals surface area contributed by atoms with Gasteiger partial charge in [0.25, 0.3) is 5.91 Å². The number of aryl methyl sites for hydroxylation is 1. The number of amides is 1. The summed E-state index contributed by atoms with van der Waals surface area (Å²) in [4.78, 5) is 13.5. The number of aliphatic hydroxyl groups excluding tert-OH is 1. The summed E-state index contributed by atoms with van der Waals surface area (Å²) in [5.74, 6) is -0.805. The van der Waals surface area contributed by atoms with Gasteiger partial charge in [-0.3, -0.25) is 4.79 Å². The number of hydrogen-bond donors (Lipinski definition) is 1. The van der Waals surface area contributed by atoms with Crippen LogP contribution in [-0.4, -0.2) is 35.1 Å². The van der Waals surface area contributed by atoms with Crippen molar-refractivity contribution in [1.29, 1.82) is 0 Å². The van der Waals surface area contributed by atoms with Crippen molar-refractivity contribution in [2.24, 2.45) is 0 Å². The van der Waals surface area contributed by atoms with Crippen LogP contribution in [0.4, 0.5) is 4.39 Å². The van der Waals surface area contributed by atoms with Crippen LogP contribution >= 0.6 is 0 Å². The van der Waals surface area contributed by atoms with Crippen LogP contribution in [0.2, 0.25) is 0 Å². The van der Waals surface area contributed by atoms with Crippen molar-refractivity contribution in [3.05, 3.63) is 35.1 Å². The summed E-state index contributed by atoms with van der Waals surface area (Å²) in [6, 6.07) is 4.62. The van der Waals surface area contributed by atoms with E-state index in [4.69, 9.17) is 0 Å². The quantitative estimate of drug-likeness (QED) is 0.851. The third-order valence-corrected chi connectivity index (χ3v) is 3.31. The molecule has 92 valence electrons. The Kier molecular flexibility index (Phi) is 3.15. The molecule has 0 atom stereocenters. The maximum atomic E-state index is 13.6. The summed E-state index contributed by atoms with van der Waals surface area (Å²) in [5, 5.41) is 9.20. The minimum Gasteiger partial charge on any atom is -0.393 e. The zero-order valence-electron chi connectivity index (χ0n) is 9.98. The number of benzene rings is 1. The summed E-state index contributed by atoms with van der Waals surface area (Å²) < 4.78 is 13.6. The molecular formula is C13H16FNO2. The second kappa shape index (κ2) is 4.45. The molecule has 0 unspecified atom stereocenters. The maximum Gasteiger partial charge on any atom is 0.256 e. The molecule has 0 radical (unpaired) electrons. The molecular weight excluding hydrogens is 221 g/mol. The van der Waals surface area contributed by atoms with Crippen LogP contribution in [0.1, 0.15) is 28.8 Å². The Hall–Kier alpha value is -1.42. The molecule has 1 N–H and O–H groups in total. The second-order valence-electron chi connectivity index (χ2n) is 4.68. The monoisotopic (exact) mass is 237 g/mol. The van der Waals surface area contributed by atoms with Gasteiger partial charge in [0, 0.05) is 13.1 Å². The predicted molar refractivity (Wildman–Crippen MR) is 62.3 cm³/mol. The molecule has 1 saturated carbocycles. The van der Waals surface area contributed by atoms with Gasteiger partial charge in [0.15, 0.2) is 0 Å². The Morgan fingerprint density at radius 1 is 1.47 bits per heavy atom. The van der Waals surface area contributed by atoms with Gasteiger partial charge in [0.1, 0.15) is 5.82 Å². The van der Waals surface area contributed by atoms with E-state index in [0.717, 1.165) is 5.56 Å². The minimum atomic E-state index is -0.485. The molecule has 3 nitrogen and oxygen atoms in total. The average molecular weight is 237 g/mol. The van der Waals surface area contributed by atoms with Crippen LogP contribution in [-0.2, 0) is 0 Å². The van der Waals surface area contributed by atoms with Gasteiger partial charge in [0.05, 0.1) is 11.7 Å². The molecule has 1 aromatic carbocycles. The Morgan fingerprint density at radius 2 is 2.12 bits per heavy atom. The molecule has 0 heterocycles. The van der Waals surface area contributed by atoms with Crippen molar-refractivity contribution in [3.63, 3.8) is 0 Å². The largest absolute Gasteiger partial charge is 0.393 e. The number of hydrogen-bond acceptors (Lipinski definition) is 2. The number of halogens is 1. The van der Waals surface area contributed by atoms with Crippen molar-refractivity contribution in [2.45, 2.75) is 31.9 Å². The lowest BCUT2D eigenvalue weighted by Crippen LogP contribution is -2.48. The lowest BCUT2D eigenvalue weighted by molar-refractivity contribution is 0.0130. The van der Waals surface area contributed by atoms with Gasteiger partial charge in [-0.1, -0.05) is 6.07 Å². The smallest absolute Gasteiger partial charge is 0.256 e. The minimum absolute atomic E-state index is 0.0261. The zero-order chi connectivity index (χ0) is 12.6. The second-order valence-corrected chi connectivity index (χ2v) is 4.68. The zero-order valence-corrected chi connectivity index (χ0v) is 9.98. The highest BCUT2D eigenvalue weighted by atomic mass is 19.1. The van der Waals surface area contributed by atoms with Gasteiger partial charge in [-0.2, -0.15) is 0 Å². The molecule has 1 aliphatic rings. The molecule has 0 spiro atoms. The number of rotatable bonds is 2. The van der Waals surface area contributed by atoms with E-state index in [1.165, 1.54) is 17.0 Å². The Balaban J connectivity index is 2.13. The lowest BCUT2D eigenvalue weighted by atomic mass is 9.88. The van der Waals surface area contributed by atoms with Crippen LogP contribution in [0.25, 0.3) is 0 Å². The van der Waals surface area contributed by atoms with Gasteiger partial charge in [-0.15, -0.1) is 0 Å². The summed E-state index contributed by atoms with van der Waals surface area (Å²) in [5.41, 5.74) is 0.889. The average Bonchev–Trinajstić information content (AvgIpc) is 2.23. The van der Waals surface area contributed by atoms with Crippen LogP contribution in [0.3, 0.4) is 0 Å². The van der Waals surface area contributed by atoms with Gasteiger partial charge >= 0.3 is 0 Å². The van der Waals surface area contributed by atoms with Gasteiger partial charge in [-0.05, 0) is 37.5 Å². The first-order valence-electron chi connectivity index (χ1n) is 5.70. The van der Waals surface area contributed by atoms with Crippen LogP contribution in [0.5, 0.6) is 0 Å². The molecule has 0 aliphatic heterocycles. The highest BCUT2D eigenvalue weighted by Crippen LogP contribution is 2.26. The molecule has 0 bridgehead atoms. The number of carbonyl (C=O) groups is 1. The first kappa shape index (κ1) is 12.0. The third kappa shape index (κ3) is 2.31. The fraction of sp³-hybridized carbons (Fsp3) is 0.462. The molecule has 1 amide bonds. The van der Waals surface area contributed by atoms with E-state index >= 15 is 0 Å².